The molecule has 0 aromatic heterocycles. The van der Waals surface area contributed by atoms with Crippen LogP contribution in [0.3, 0.4) is 0 Å². The first-order valence-corrected chi connectivity index (χ1v) is 6.74. The summed E-state index contributed by atoms with van der Waals surface area (Å²) in [6.45, 7) is 1.66. The summed E-state index contributed by atoms with van der Waals surface area (Å²) in [5, 5.41) is 9.08. The van der Waals surface area contributed by atoms with Gasteiger partial charge in [0, 0.05) is 17.3 Å². The molecule has 1 unspecified atom stereocenters. The van der Waals surface area contributed by atoms with Crippen LogP contribution in [0.2, 0.25) is 0 Å². The monoisotopic (exact) mass is 312 g/mol. The van der Waals surface area contributed by atoms with Crippen LogP contribution in [0.1, 0.15) is 37.7 Å². The van der Waals surface area contributed by atoms with E-state index in [1.54, 1.807) is 19.1 Å². The molecule has 18 heavy (non-hydrogen) atoms. The Morgan fingerprint density at radius 3 is 2.50 bits per heavy atom. The third-order valence-electron chi connectivity index (χ3n) is 3.61. The average Bonchev–Trinajstić information content (AvgIpc) is 2.65. The van der Waals surface area contributed by atoms with Crippen molar-refractivity contribution >= 4 is 21.9 Å². The number of carboxylic acids is 1. The third kappa shape index (κ3) is 1.68. The van der Waals surface area contributed by atoms with E-state index in [9.17, 15) is 4.79 Å². The van der Waals surface area contributed by atoms with Gasteiger partial charge in [0.1, 0.15) is 0 Å². The quantitative estimate of drug-likeness (QED) is 0.910. The number of carboxylic acid groups (broad SMARTS) is 1. The lowest BCUT2D eigenvalue weighted by Gasteiger charge is -2.35. The Bertz CT molecular complexity index is 522. The van der Waals surface area contributed by atoms with Gasteiger partial charge in [0.15, 0.2) is 11.5 Å². The van der Waals surface area contributed by atoms with Crippen LogP contribution in [0.25, 0.3) is 0 Å². The van der Waals surface area contributed by atoms with Crippen LogP contribution in [0.4, 0.5) is 0 Å². The van der Waals surface area contributed by atoms with Crippen LogP contribution >= 0.6 is 15.9 Å². The fraction of sp³-hybridized carbons (Fsp3) is 0.462. The minimum atomic E-state index is -0.854. The zero-order chi connectivity index (χ0) is 12.9. The van der Waals surface area contributed by atoms with Crippen molar-refractivity contribution in [3.63, 3.8) is 0 Å². The van der Waals surface area contributed by atoms with E-state index in [2.05, 4.69) is 15.9 Å². The average molecular weight is 313 g/mol. The Hall–Kier alpha value is -1.23. The van der Waals surface area contributed by atoms with Gasteiger partial charge in [-0.1, -0.05) is 15.9 Å². The number of halogens is 1. The van der Waals surface area contributed by atoms with Crippen molar-refractivity contribution < 1.29 is 19.4 Å². The van der Waals surface area contributed by atoms with E-state index in [1.165, 1.54) is 0 Å². The molecular formula is C13H13BrO4. The summed E-state index contributed by atoms with van der Waals surface area (Å²) in [5.41, 5.74) is 0.709. The Labute approximate surface area is 113 Å². The van der Waals surface area contributed by atoms with Crippen molar-refractivity contribution in [2.45, 2.75) is 37.9 Å². The highest BCUT2D eigenvalue weighted by molar-refractivity contribution is 9.10. The fourth-order valence-electron chi connectivity index (χ4n) is 2.27. The number of rotatable bonds is 2. The lowest BCUT2D eigenvalue weighted by Crippen LogP contribution is -2.45. The predicted octanol–water partition coefficient (Wildman–Crippen LogP) is 3.29. The smallest absolute Gasteiger partial charge is 0.310 e. The van der Waals surface area contributed by atoms with Crippen molar-refractivity contribution in [2.24, 2.45) is 0 Å². The molecule has 1 heterocycles. The van der Waals surface area contributed by atoms with Gasteiger partial charge in [-0.2, -0.15) is 0 Å². The number of hydrogen-bond acceptors (Lipinski definition) is 3. The van der Waals surface area contributed by atoms with Gasteiger partial charge in [-0.3, -0.25) is 4.79 Å². The molecule has 1 aromatic rings. The minimum absolute atomic E-state index is 0.479. The van der Waals surface area contributed by atoms with E-state index in [-0.39, 0.29) is 0 Å². The summed E-state index contributed by atoms with van der Waals surface area (Å²) in [4.78, 5) is 11.1. The van der Waals surface area contributed by atoms with Crippen LogP contribution in [0.15, 0.2) is 16.6 Å². The van der Waals surface area contributed by atoms with Gasteiger partial charge >= 0.3 is 5.97 Å². The molecule has 2 aliphatic rings. The Morgan fingerprint density at radius 1 is 1.39 bits per heavy atom. The fourth-order valence-corrected chi connectivity index (χ4v) is 2.93. The second-order valence-corrected chi connectivity index (χ2v) is 5.70. The molecule has 0 bridgehead atoms. The molecular weight excluding hydrogens is 300 g/mol. The molecule has 1 fully saturated rings. The third-order valence-corrected chi connectivity index (χ3v) is 4.29. The standard InChI is InChI=1S/C13H13BrO4/c1-7(12(15)16)8-5-10-11(6-9(8)14)18-13(17-10)3-2-4-13/h5-7H,2-4H2,1H3,(H,15,16). The topological polar surface area (TPSA) is 55.8 Å². The largest absolute Gasteiger partial charge is 0.481 e. The number of fused-ring (bicyclic) bond motifs is 1. The summed E-state index contributed by atoms with van der Waals surface area (Å²) < 4.78 is 12.4. The highest BCUT2D eigenvalue weighted by Gasteiger charge is 2.47. The van der Waals surface area contributed by atoms with Crippen LogP contribution in [0, 0.1) is 0 Å². The summed E-state index contributed by atoms with van der Waals surface area (Å²) in [5.74, 6) is -0.560. The SMILES string of the molecule is CC(C(=O)O)c1cc2c(cc1Br)OC1(CCC1)O2. The molecule has 1 aliphatic carbocycles. The van der Waals surface area contributed by atoms with E-state index >= 15 is 0 Å². The van der Waals surface area contributed by atoms with E-state index in [1.807, 2.05) is 0 Å². The van der Waals surface area contributed by atoms with Crippen molar-refractivity contribution in [3.8, 4) is 11.5 Å². The summed E-state index contributed by atoms with van der Waals surface area (Å²) in [7, 11) is 0. The lowest BCUT2D eigenvalue weighted by atomic mass is 9.91. The summed E-state index contributed by atoms with van der Waals surface area (Å²) >= 11 is 3.40. The molecule has 0 saturated heterocycles. The molecule has 4 nitrogen and oxygen atoms in total. The molecule has 1 N–H and O–H groups in total. The van der Waals surface area contributed by atoms with Crippen molar-refractivity contribution in [1.29, 1.82) is 0 Å². The van der Waals surface area contributed by atoms with Gasteiger partial charge in [-0.05, 0) is 31.0 Å². The molecule has 1 aliphatic heterocycles. The van der Waals surface area contributed by atoms with Crippen molar-refractivity contribution in [2.75, 3.05) is 0 Å². The molecule has 1 spiro atoms. The number of benzene rings is 1. The van der Waals surface area contributed by atoms with E-state index in [4.69, 9.17) is 14.6 Å². The second kappa shape index (κ2) is 3.88. The summed E-state index contributed by atoms with van der Waals surface area (Å²) in [6.07, 6.45) is 2.89. The van der Waals surface area contributed by atoms with E-state index < -0.39 is 17.7 Å². The zero-order valence-electron chi connectivity index (χ0n) is 9.90. The molecule has 1 aromatic carbocycles. The second-order valence-electron chi connectivity index (χ2n) is 4.85. The molecule has 3 rings (SSSR count). The van der Waals surface area contributed by atoms with Crippen molar-refractivity contribution in [3.05, 3.63) is 22.2 Å². The van der Waals surface area contributed by atoms with Gasteiger partial charge < -0.3 is 14.6 Å². The number of ether oxygens (including phenoxy) is 2. The molecule has 1 atom stereocenters. The highest BCUT2D eigenvalue weighted by Crippen LogP contribution is 2.50. The van der Waals surface area contributed by atoms with Crippen LogP contribution in [0.5, 0.6) is 11.5 Å². The Kier molecular flexibility index (Phi) is 2.55. The minimum Gasteiger partial charge on any atom is -0.481 e. The molecule has 0 amide bonds. The van der Waals surface area contributed by atoms with Gasteiger partial charge in [-0.15, -0.1) is 0 Å². The maximum absolute atomic E-state index is 11.1. The number of hydrogen-bond donors (Lipinski definition) is 1. The summed E-state index contributed by atoms with van der Waals surface area (Å²) in [6, 6.07) is 3.57. The highest BCUT2D eigenvalue weighted by atomic mass is 79.9. The maximum atomic E-state index is 11.1. The Morgan fingerprint density at radius 2 is 2.00 bits per heavy atom. The van der Waals surface area contributed by atoms with Gasteiger partial charge in [0.25, 0.3) is 5.79 Å². The molecule has 5 heteroatoms. The predicted molar refractivity (Wildman–Crippen MR) is 68.0 cm³/mol. The zero-order valence-corrected chi connectivity index (χ0v) is 11.5. The first-order chi connectivity index (χ1) is 8.51. The van der Waals surface area contributed by atoms with Crippen LogP contribution in [-0.4, -0.2) is 16.9 Å². The van der Waals surface area contributed by atoms with Crippen LogP contribution < -0.4 is 9.47 Å². The van der Waals surface area contributed by atoms with Crippen molar-refractivity contribution in [1.82, 2.24) is 0 Å². The first-order valence-electron chi connectivity index (χ1n) is 5.95. The normalized spacial score (nSPS) is 20.6. The van der Waals surface area contributed by atoms with Gasteiger partial charge in [0.05, 0.1) is 5.92 Å². The van der Waals surface area contributed by atoms with E-state index in [0.29, 0.717) is 17.1 Å². The number of carbonyl (C=O) groups is 1. The lowest BCUT2D eigenvalue weighted by molar-refractivity contribution is -0.138. The van der Waals surface area contributed by atoms with Gasteiger partial charge in [0.2, 0.25) is 0 Å². The maximum Gasteiger partial charge on any atom is 0.310 e. The van der Waals surface area contributed by atoms with Gasteiger partial charge in [-0.25, -0.2) is 0 Å². The molecule has 1 saturated carbocycles. The first kappa shape index (κ1) is 11.8. The van der Waals surface area contributed by atoms with E-state index in [0.717, 1.165) is 23.7 Å². The van der Waals surface area contributed by atoms with Crippen LogP contribution in [-0.2, 0) is 4.79 Å². The Balaban J connectivity index is 1.97. The molecule has 0 radical (unpaired) electrons. The molecule has 96 valence electrons. The number of aliphatic carboxylic acids is 1.